The quantitative estimate of drug-likeness (QED) is 0.335. The minimum Gasteiger partial charge on any atom is -0.359 e. The monoisotopic (exact) mass is 440 g/mol. The number of nitrogens with one attached hydrogen (secondary N) is 2. The van der Waals surface area contributed by atoms with Gasteiger partial charge < -0.3 is 10.6 Å². The Morgan fingerprint density at radius 1 is 0.412 bits per heavy atom. The maximum Gasteiger partial charge on any atom is 0.0864 e. The predicted molar refractivity (Wildman–Crippen MR) is 145 cm³/mol. The van der Waals surface area contributed by atoms with Crippen LogP contribution in [0.1, 0.15) is 11.1 Å². The molecule has 4 heteroatoms. The Bertz CT molecular complexity index is 1270. The van der Waals surface area contributed by atoms with E-state index in [0.717, 1.165) is 45.0 Å². The second-order valence-electron chi connectivity index (χ2n) is 7.77. The third-order valence-corrected chi connectivity index (χ3v) is 5.47. The van der Waals surface area contributed by atoms with Gasteiger partial charge >= 0.3 is 0 Å². The maximum absolute atomic E-state index is 4.83. The highest BCUT2D eigenvalue weighted by molar-refractivity contribution is 6.12. The summed E-state index contributed by atoms with van der Waals surface area (Å²) in [6, 6.07) is 36.5. The zero-order valence-electron chi connectivity index (χ0n) is 18.6. The number of rotatable bonds is 2. The number of allylic oxidation sites excluding steroid dienone is 2. The molecular formula is C30H24N4. The molecule has 2 N–H and O–H groups in total. The van der Waals surface area contributed by atoms with Gasteiger partial charge in [0.25, 0.3) is 0 Å². The number of para-hydroxylation sites is 4. The average molecular weight is 441 g/mol. The van der Waals surface area contributed by atoms with Gasteiger partial charge in [-0.1, -0.05) is 84.9 Å². The van der Waals surface area contributed by atoms with Crippen molar-refractivity contribution in [1.29, 1.82) is 0 Å². The molecule has 5 rings (SSSR count). The van der Waals surface area contributed by atoms with E-state index in [-0.39, 0.29) is 0 Å². The van der Waals surface area contributed by atoms with Crippen LogP contribution in [-0.4, -0.2) is 12.4 Å². The smallest absolute Gasteiger partial charge is 0.0864 e. The van der Waals surface area contributed by atoms with Crippen LogP contribution in [0.25, 0.3) is 11.1 Å². The van der Waals surface area contributed by atoms with Crippen molar-refractivity contribution in [2.45, 2.75) is 0 Å². The van der Waals surface area contributed by atoms with Crippen LogP contribution >= 0.6 is 0 Å². The molecular weight excluding hydrogens is 416 g/mol. The van der Waals surface area contributed by atoms with Gasteiger partial charge in [0.1, 0.15) is 0 Å². The average Bonchev–Trinajstić information content (AvgIpc) is 2.90. The van der Waals surface area contributed by atoms with E-state index in [1.54, 1.807) is 0 Å². The number of benzene rings is 4. The Kier molecular flexibility index (Phi) is 6.40. The normalized spacial score (nSPS) is 16.4. The molecule has 1 heterocycles. The Hall–Kier alpha value is -4.70. The highest BCUT2D eigenvalue weighted by Crippen LogP contribution is 2.29. The van der Waals surface area contributed by atoms with Crippen molar-refractivity contribution in [3.05, 3.63) is 133 Å². The lowest BCUT2D eigenvalue weighted by Gasteiger charge is -2.11. The van der Waals surface area contributed by atoms with E-state index in [2.05, 4.69) is 34.9 Å². The van der Waals surface area contributed by atoms with E-state index < -0.39 is 0 Å². The summed E-state index contributed by atoms with van der Waals surface area (Å²) in [6.07, 6.45) is 7.73. The molecule has 0 spiro atoms. The fraction of sp³-hybridized carbons (Fsp3) is 0. The van der Waals surface area contributed by atoms with E-state index in [4.69, 9.17) is 9.98 Å². The molecule has 34 heavy (non-hydrogen) atoms. The van der Waals surface area contributed by atoms with Crippen LogP contribution in [0.5, 0.6) is 0 Å². The topological polar surface area (TPSA) is 48.8 Å². The standard InChI is InChI=1S/C30H24N4/c1-3-11-23(12-4-1)25-19-31-27-15-7-9-17-29(27)33-21-26(24-13-5-2-6-14-24)22-34-30-18-10-8-16-28(30)32-20-25/h1-22,31,34H/b25-19+,26-22+,32-20?,33-21?. The molecule has 0 aliphatic carbocycles. The molecule has 164 valence electrons. The third kappa shape index (κ3) is 5.03. The third-order valence-electron chi connectivity index (χ3n) is 5.47. The van der Waals surface area contributed by atoms with Crippen LogP contribution in [0, 0.1) is 0 Å². The molecule has 0 bridgehead atoms. The highest BCUT2D eigenvalue weighted by Gasteiger charge is 2.06. The zero-order chi connectivity index (χ0) is 23.0. The zero-order valence-corrected chi connectivity index (χ0v) is 18.6. The molecule has 4 aromatic rings. The van der Waals surface area contributed by atoms with Crippen molar-refractivity contribution in [3.63, 3.8) is 0 Å². The first-order valence-electron chi connectivity index (χ1n) is 11.2. The first-order chi connectivity index (χ1) is 16.9. The van der Waals surface area contributed by atoms with Gasteiger partial charge in [-0.05, 0) is 35.4 Å². The maximum atomic E-state index is 4.83. The Morgan fingerprint density at radius 2 is 0.794 bits per heavy atom. The van der Waals surface area contributed by atoms with Crippen molar-refractivity contribution in [1.82, 2.24) is 0 Å². The van der Waals surface area contributed by atoms with Gasteiger partial charge in [-0.3, -0.25) is 9.98 Å². The summed E-state index contributed by atoms with van der Waals surface area (Å²) in [6.45, 7) is 0. The van der Waals surface area contributed by atoms with Crippen molar-refractivity contribution in [3.8, 4) is 0 Å². The van der Waals surface area contributed by atoms with E-state index >= 15 is 0 Å². The molecule has 4 nitrogen and oxygen atoms in total. The van der Waals surface area contributed by atoms with Gasteiger partial charge in [0, 0.05) is 36.0 Å². The van der Waals surface area contributed by atoms with Gasteiger partial charge in [0.15, 0.2) is 0 Å². The fourth-order valence-corrected chi connectivity index (χ4v) is 3.66. The lowest BCUT2D eigenvalue weighted by molar-refractivity contribution is 1.47. The van der Waals surface area contributed by atoms with Gasteiger partial charge in [0.2, 0.25) is 0 Å². The van der Waals surface area contributed by atoms with Gasteiger partial charge in [-0.15, -0.1) is 0 Å². The van der Waals surface area contributed by atoms with E-state index in [0.29, 0.717) is 0 Å². The van der Waals surface area contributed by atoms with Crippen LogP contribution in [0.4, 0.5) is 22.7 Å². The first-order valence-corrected chi connectivity index (χ1v) is 11.2. The summed E-state index contributed by atoms with van der Waals surface area (Å²) in [5, 5.41) is 6.88. The molecule has 0 amide bonds. The molecule has 0 aromatic heterocycles. The van der Waals surface area contributed by atoms with Crippen molar-refractivity contribution in [2.24, 2.45) is 9.98 Å². The SMILES string of the molecule is C1=Nc2ccccc2N/C=C(/c2ccccc2)C=Nc2ccccc2N/C=C\1c1ccccc1. The summed E-state index contributed by atoms with van der Waals surface area (Å²) >= 11 is 0. The second-order valence-corrected chi connectivity index (χ2v) is 7.77. The largest absolute Gasteiger partial charge is 0.359 e. The number of aliphatic imine (C=N–C) groups is 2. The molecule has 0 unspecified atom stereocenters. The molecule has 4 aromatic carbocycles. The molecule has 0 saturated carbocycles. The molecule has 1 aliphatic heterocycles. The molecule has 1 aliphatic rings. The van der Waals surface area contributed by atoms with Crippen LogP contribution in [0.2, 0.25) is 0 Å². The highest BCUT2D eigenvalue weighted by atomic mass is 14.9. The van der Waals surface area contributed by atoms with E-state index in [1.807, 2.05) is 110 Å². The number of fused-ring (bicyclic) bond motifs is 2. The number of hydrogen-bond acceptors (Lipinski definition) is 4. The first kappa shape index (κ1) is 21.2. The van der Waals surface area contributed by atoms with E-state index in [1.165, 1.54) is 0 Å². The van der Waals surface area contributed by atoms with Crippen LogP contribution in [0.3, 0.4) is 0 Å². The van der Waals surface area contributed by atoms with Crippen LogP contribution in [-0.2, 0) is 0 Å². The van der Waals surface area contributed by atoms with Crippen molar-refractivity contribution in [2.75, 3.05) is 10.6 Å². The minimum atomic E-state index is 0.849. The molecule has 0 saturated heterocycles. The summed E-state index contributed by atoms with van der Waals surface area (Å²) in [7, 11) is 0. The Labute approximate surface area is 199 Å². The Morgan fingerprint density at radius 3 is 1.24 bits per heavy atom. The molecule has 0 atom stereocenters. The Balaban J connectivity index is 1.64. The number of hydrogen-bond donors (Lipinski definition) is 2. The number of nitrogens with zero attached hydrogens (tertiary/aromatic N) is 2. The summed E-state index contributed by atoms with van der Waals surface area (Å²) in [4.78, 5) is 9.66. The van der Waals surface area contributed by atoms with Gasteiger partial charge in [-0.2, -0.15) is 0 Å². The molecule has 0 radical (unpaired) electrons. The number of anilines is 2. The predicted octanol–water partition coefficient (Wildman–Crippen LogP) is 7.71. The van der Waals surface area contributed by atoms with Crippen LogP contribution < -0.4 is 10.6 Å². The summed E-state index contributed by atoms with van der Waals surface area (Å²) < 4.78 is 0. The second kappa shape index (κ2) is 10.3. The fourth-order valence-electron chi connectivity index (χ4n) is 3.66. The van der Waals surface area contributed by atoms with E-state index in [9.17, 15) is 0 Å². The molecule has 0 fully saturated rings. The van der Waals surface area contributed by atoms with Gasteiger partial charge in [0.05, 0.1) is 22.7 Å². The van der Waals surface area contributed by atoms with Crippen LogP contribution in [0.15, 0.2) is 132 Å². The summed E-state index contributed by atoms with van der Waals surface area (Å²) in [5.74, 6) is 0. The van der Waals surface area contributed by atoms with Crippen molar-refractivity contribution >= 4 is 46.3 Å². The summed E-state index contributed by atoms with van der Waals surface area (Å²) in [5.41, 5.74) is 7.60. The minimum absolute atomic E-state index is 0.849. The lowest BCUT2D eigenvalue weighted by Crippen LogP contribution is -1.97. The lowest BCUT2D eigenvalue weighted by atomic mass is 10.1. The van der Waals surface area contributed by atoms with Gasteiger partial charge in [-0.25, -0.2) is 0 Å². The van der Waals surface area contributed by atoms with Crippen molar-refractivity contribution < 1.29 is 0 Å².